The second-order valence-electron chi connectivity index (χ2n) is 3.64. The third-order valence-electron chi connectivity index (χ3n) is 1.94. The summed E-state index contributed by atoms with van der Waals surface area (Å²) in [5.74, 6) is 0. The third-order valence-corrected chi connectivity index (χ3v) is 1.94. The molecule has 0 aliphatic heterocycles. The molecule has 0 atom stereocenters. The van der Waals surface area contributed by atoms with E-state index in [-0.39, 0.29) is 0 Å². The molecule has 21 heavy (non-hydrogen) atoms. The van der Waals surface area contributed by atoms with Gasteiger partial charge in [0.15, 0.2) is 0 Å². The van der Waals surface area contributed by atoms with E-state index in [9.17, 15) is 0 Å². The fourth-order valence-corrected chi connectivity index (χ4v) is 1.02. The van der Waals surface area contributed by atoms with Crippen LogP contribution in [0.2, 0.25) is 0 Å². The molecule has 0 N–H and O–H groups in total. The van der Waals surface area contributed by atoms with Crippen LogP contribution in [0.3, 0.4) is 0 Å². The Bertz CT molecular complexity index is 968. The van der Waals surface area contributed by atoms with Crippen molar-refractivity contribution < 1.29 is 0 Å². The summed E-state index contributed by atoms with van der Waals surface area (Å²) in [4.78, 5) is 0. The molecule has 0 heteroatoms. The van der Waals surface area contributed by atoms with Crippen molar-refractivity contribution in [2.45, 2.75) is 19.8 Å². The highest BCUT2D eigenvalue weighted by atomic mass is 13.8. The highest BCUT2D eigenvalue weighted by Gasteiger charge is 1.78. The van der Waals surface area contributed by atoms with E-state index < -0.39 is 0 Å². The quantitative estimate of drug-likeness (QED) is 0.566. The van der Waals surface area contributed by atoms with Crippen LogP contribution in [0.15, 0.2) is 104 Å². The van der Waals surface area contributed by atoms with Gasteiger partial charge in [0, 0.05) is 6.42 Å². The molecule has 0 spiro atoms. The molecule has 1 rings (SSSR count). The van der Waals surface area contributed by atoms with Crippen LogP contribution in [-0.2, 0) is 0 Å². The van der Waals surface area contributed by atoms with Crippen molar-refractivity contribution in [2.24, 2.45) is 0 Å². The summed E-state index contributed by atoms with van der Waals surface area (Å²) < 4.78 is 0. The lowest BCUT2D eigenvalue weighted by molar-refractivity contribution is 1.22. The minimum atomic E-state index is 0.660. The van der Waals surface area contributed by atoms with Gasteiger partial charge in [0.1, 0.15) is 0 Å². The zero-order valence-corrected chi connectivity index (χ0v) is 11.6. The predicted molar refractivity (Wildman–Crippen MR) is 81.3 cm³/mol. The molecule has 0 saturated heterocycles. The molecule has 0 saturated carbocycles. The van der Waals surface area contributed by atoms with E-state index in [0.29, 0.717) is 12.8 Å². The SMILES string of the molecule is CC1=C=C=C=C=C=C=C=CCC=C=C=C=C=C=C=C=CC1. The van der Waals surface area contributed by atoms with Gasteiger partial charge < -0.3 is 0 Å². The van der Waals surface area contributed by atoms with Crippen LogP contribution in [0.5, 0.6) is 0 Å². The molecular formula is C21H10. The minimum absolute atomic E-state index is 0.660. The van der Waals surface area contributed by atoms with Crippen LogP contribution in [0, 0.1) is 0 Å². The van der Waals surface area contributed by atoms with Crippen LogP contribution >= 0.6 is 0 Å². The Balaban J connectivity index is 3.43. The molecule has 0 radical (unpaired) electrons. The number of hydrogen-bond donors (Lipinski definition) is 0. The Morgan fingerprint density at radius 1 is 0.619 bits per heavy atom. The van der Waals surface area contributed by atoms with Gasteiger partial charge in [-0.2, -0.15) is 0 Å². The van der Waals surface area contributed by atoms with Gasteiger partial charge in [-0.3, -0.25) is 0 Å². The van der Waals surface area contributed by atoms with Crippen molar-refractivity contribution in [3.63, 3.8) is 0 Å². The van der Waals surface area contributed by atoms with E-state index in [1.165, 1.54) is 0 Å². The Labute approximate surface area is 124 Å². The smallest absolute Gasteiger partial charge is 0.00242 e. The molecule has 1 aliphatic rings. The summed E-state index contributed by atoms with van der Waals surface area (Å²) in [6.07, 6.45) is 6.71. The van der Waals surface area contributed by atoms with Gasteiger partial charge in [-0.25, -0.2) is 0 Å². The lowest BCUT2D eigenvalue weighted by atomic mass is 10.2. The van der Waals surface area contributed by atoms with Crippen molar-refractivity contribution in [2.75, 3.05) is 0 Å². The van der Waals surface area contributed by atoms with Crippen LogP contribution in [-0.4, -0.2) is 0 Å². The summed E-state index contributed by atoms with van der Waals surface area (Å²) in [5.41, 5.74) is 39.0. The topological polar surface area (TPSA) is 0 Å². The second kappa shape index (κ2) is 11.5. The maximum atomic E-state index is 2.93. The minimum Gasteiger partial charge on any atom is -0.0648 e. The van der Waals surface area contributed by atoms with Crippen molar-refractivity contribution >= 4 is 0 Å². The highest BCUT2D eigenvalue weighted by molar-refractivity contribution is 5.04. The highest BCUT2D eigenvalue weighted by Crippen LogP contribution is 1.95. The molecule has 0 amide bonds. The Kier molecular flexibility index (Phi) is 8.46. The largest absolute Gasteiger partial charge is 0.0648 e. The first-order valence-electron chi connectivity index (χ1n) is 6.19. The van der Waals surface area contributed by atoms with E-state index in [2.05, 4.69) is 80.2 Å². The van der Waals surface area contributed by atoms with Gasteiger partial charge in [-0.05, 0) is 94.5 Å². The zero-order valence-electron chi connectivity index (χ0n) is 11.6. The summed E-state index contributed by atoms with van der Waals surface area (Å²) >= 11 is 0. The van der Waals surface area contributed by atoms with E-state index in [4.69, 9.17) is 0 Å². The van der Waals surface area contributed by atoms with Crippen molar-refractivity contribution in [3.05, 3.63) is 104 Å². The Hall–Kier alpha value is -3.60. The Morgan fingerprint density at radius 3 is 1.71 bits per heavy atom. The number of rotatable bonds is 0. The second-order valence-corrected chi connectivity index (χ2v) is 3.64. The van der Waals surface area contributed by atoms with Crippen LogP contribution in [0.4, 0.5) is 0 Å². The van der Waals surface area contributed by atoms with Crippen LogP contribution in [0.25, 0.3) is 0 Å². The van der Waals surface area contributed by atoms with Crippen molar-refractivity contribution in [1.82, 2.24) is 0 Å². The first-order valence-corrected chi connectivity index (χ1v) is 6.19. The lowest BCUT2D eigenvalue weighted by Gasteiger charge is -1.82. The molecule has 0 aromatic rings. The average Bonchev–Trinajstić information content (AvgIpc) is 2.48. The molecular weight excluding hydrogens is 252 g/mol. The first-order chi connectivity index (χ1) is 10.4. The van der Waals surface area contributed by atoms with Gasteiger partial charge in [0.25, 0.3) is 0 Å². The predicted octanol–water partition coefficient (Wildman–Crippen LogP) is 4.45. The maximum absolute atomic E-state index is 2.93. The van der Waals surface area contributed by atoms with Crippen molar-refractivity contribution in [3.8, 4) is 0 Å². The van der Waals surface area contributed by atoms with E-state index in [1.807, 2.05) is 13.0 Å². The van der Waals surface area contributed by atoms with Gasteiger partial charge >= 0.3 is 0 Å². The zero-order chi connectivity index (χ0) is 15.0. The summed E-state index contributed by atoms with van der Waals surface area (Å²) in [5, 5.41) is 0. The maximum Gasteiger partial charge on any atom is 0.00242 e. The summed E-state index contributed by atoms with van der Waals surface area (Å²) in [6, 6.07) is 0. The van der Waals surface area contributed by atoms with Gasteiger partial charge in [-0.15, -0.1) is 0 Å². The molecule has 0 unspecified atom stereocenters. The molecule has 94 valence electrons. The van der Waals surface area contributed by atoms with E-state index >= 15 is 0 Å². The summed E-state index contributed by atoms with van der Waals surface area (Å²) in [7, 11) is 0. The Morgan fingerprint density at radius 2 is 1.10 bits per heavy atom. The molecule has 0 heterocycles. The fourth-order valence-electron chi connectivity index (χ4n) is 1.02. The molecule has 0 aromatic heterocycles. The van der Waals surface area contributed by atoms with E-state index in [0.717, 1.165) is 5.57 Å². The standard InChI is InChI=1S/C21H10/c1-21-19-17-15-13-11-9-7-5-3-2-4-6-8-10-12-14-16-18-20-21/h2,5,18H,3,20H2,1H3. The average molecular weight is 262 g/mol. The molecule has 0 nitrogen and oxygen atoms in total. The third kappa shape index (κ3) is 10.0. The number of hydrogen-bond acceptors (Lipinski definition) is 0. The van der Waals surface area contributed by atoms with Crippen molar-refractivity contribution in [1.29, 1.82) is 0 Å². The molecule has 0 aromatic carbocycles. The molecule has 0 bridgehead atoms. The van der Waals surface area contributed by atoms with Crippen LogP contribution in [0.1, 0.15) is 19.8 Å². The summed E-state index contributed by atoms with van der Waals surface area (Å²) in [6.45, 7) is 1.93. The van der Waals surface area contributed by atoms with Crippen LogP contribution < -0.4 is 0 Å². The normalized spacial score (nSPS) is 11.8. The number of allylic oxidation sites excluding steroid dienone is 4. The van der Waals surface area contributed by atoms with Gasteiger partial charge in [-0.1, -0.05) is 22.9 Å². The van der Waals surface area contributed by atoms with E-state index in [1.54, 1.807) is 12.2 Å². The molecule has 0 fully saturated rings. The monoisotopic (exact) mass is 262 g/mol. The molecule has 1 aliphatic carbocycles. The first kappa shape index (κ1) is 15.5. The van der Waals surface area contributed by atoms with Gasteiger partial charge in [0.2, 0.25) is 0 Å². The van der Waals surface area contributed by atoms with Gasteiger partial charge in [0.05, 0.1) is 0 Å². The lowest BCUT2D eigenvalue weighted by Crippen LogP contribution is -1.65. The fraction of sp³-hybridized carbons (Fsp3) is 0.143.